The van der Waals surface area contributed by atoms with E-state index in [0.29, 0.717) is 41.7 Å². The summed E-state index contributed by atoms with van der Waals surface area (Å²) in [6.45, 7) is 5.52. The Hall–Kier alpha value is -3.05. The highest BCUT2D eigenvalue weighted by Crippen LogP contribution is 2.38. The molecule has 40 heavy (non-hydrogen) atoms. The van der Waals surface area contributed by atoms with Gasteiger partial charge in [-0.05, 0) is 60.6 Å². The van der Waals surface area contributed by atoms with E-state index in [-0.39, 0.29) is 16.7 Å². The molecule has 0 atom stereocenters. The standard InChI is InChI=1S/C30H36N4O4S2/c1-21-13-17-34(18-14-21)40(37,38)24-11-9-23(10-12-24)28(35)31-29-27(30(36)32(2)3)25-15-16-33(20-26(25)39-29)19-22-7-5-4-6-8-22/h4-12,21H,13-20H2,1-3H3,(H,31,35). The lowest BCUT2D eigenvalue weighted by molar-refractivity contribution is 0.0827. The molecule has 0 spiro atoms. The van der Waals surface area contributed by atoms with Gasteiger partial charge in [0.25, 0.3) is 11.8 Å². The van der Waals surface area contributed by atoms with Crippen molar-refractivity contribution in [1.29, 1.82) is 0 Å². The third kappa shape index (κ3) is 6.00. The number of carbonyl (C=O) groups excluding carboxylic acids is 2. The highest BCUT2D eigenvalue weighted by molar-refractivity contribution is 7.89. The van der Waals surface area contributed by atoms with Crippen LogP contribution in [0.2, 0.25) is 0 Å². The first-order valence-electron chi connectivity index (χ1n) is 13.7. The first-order chi connectivity index (χ1) is 19.1. The van der Waals surface area contributed by atoms with Crippen molar-refractivity contribution < 1.29 is 18.0 Å². The molecular formula is C30H36N4O4S2. The normalized spacial score (nSPS) is 16.9. The third-order valence-electron chi connectivity index (χ3n) is 7.73. The van der Waals surface area contributed by atoms with Crippen LogP contribution < -0.4 is 5.32 Å². The molecule has 212 valence electrons. The number of carbonyl (C=O) groups is 2. The molecule has 1 N–H and O–H groups in total. The van der Waals surface area contributed by atoms with Crippen LogP contribution in [0.3, 0.4) is 0 Å². The van der Waals surface area contributed by atoms with Gasteiger partial charge in [0.05, 0.1) is 10.5 Å². The molecule has 0 bridgehead atoms. The Bertz CT molecular complexity index is 1480. The summed E-state index contributed by atoms with van der Waals surface area (Å²) in [7, 11) is -0.170. The second kappa shape index (κ2) is 11.8. The topological polar surface area (TPSA) is 90.0 Å². The fraction of sp³-hybridized carbons (Fsp3) is 0.400. The summed E-state index contributed by atoms with van der Waals surface area (Å²) in [6, 6.07) is 16.4. The Morgan fingerprint density at radius 2 is 1.68 bits per heavy atom. The number of piperidine rings is 1. The zero-order valence-corrected chi connectivity index (χ0v) is 24.9. The van der Waals surface area contributed by atoms with Gasteiger partial charge < -0.3 is 10.2 Å². The second-order valence-corrected chi connectivity index (χ2v) is 14.0. The monoisotopic (exact) mass is 580 g/mol. The molecule has 0 saturated carbocycles. The first-order valence-corrected chi connectivity index (χ1v) is 15.9. The number of rotatable bonds is 7. The lowest BCUT2D eigenvalue weighted by atomic mass is 10.0. The summed E-state index contributed by atoms with van der Waals surface area (Å²) in [5.41, 5.74) is 3.13. The lowest BCUT2D eigenvalue weighted by Crippen LogP contribution is -2.37. The molecule has 2 aromatic carbocycles. The van der Waals surface area contributed by atoms with E-state index < -0.39 is 10.0 Å². The van der Waals surface area contributed by atoms with Crippen LogP contribution in [0.4, 0.5) is 5.00 Å². The minimum absolute atomic E-state index is 0.137. The van der Waals surface area contributed by atoms with E-state index in [1.165, 1.54) is 50.4 Å². The Balaban J connectivity index is 1.34. The van der Waals surface area contributed by atoms with E-state index in [1.807, 2.05) is 18.2 Å². The Kier molecular flexibility index (Phi) is 8.42. The average molecular weight is 581 g/mol. The molecular weight excluding hydrogens is 544 g/mol. The van der Waals surface area contributed by atoms with E-state index in [0.717, 1.165) is 42.8 Å². The van der Waals surface area contributed by atoms with E-state index in [2.05, 4.69) is 29.3 Å². The molecule has 5 rings (SSSR count). The molecule has 0 radical (unpaired) electrons. The highest BCUT2D eigenvalue weighted by Gasteiger charge is 2.31. The largest absolute Gasteiger partial charge is 0.345 e. The molecule has 1 saturated heterocycles. The quantitative estimate of drug-likeness (QED) is 0.438. The van der Waals surface area contributed by atoms with Crippen molar-refractivity contribution in [3.8, 4) is 0 Å². The predicted molar refractivity (Wildman–Crippen MR) is 158 cm³/mol. The zero-order chi connectivity index (χ0) is 28.4. The first kappa shape index (κ1) is 28.5. The Morgan fingerprint density at radius 1 is 1.00 bits per heavy atom. The summed E-state index contributed by atoms with van der Waals surface area (Å²) in [5, 5.41) is 3.50. The molecule has 1 aromatic heterocycles. The fourth-order valence-electron chi connectivity index (χ4n) is 5.30. The van der Waals surface area contributed by atoms with E-state index >= 15 is 0 Å². The minimum Gasteiger partial charge on any atom is -0.345 e. The molecule has 8 nitrogen and oxygen atoms in total. The van der Waals surface area contributed by atoms with Gasteiger partial charge in [0, 0.05) is 57.3 Å². The van der Waals surface area contributed by atoms with Crippen molar-refractivity contribution >= 4 is 38.2 Å². The highest BCUT2D eigenvalue weighted by atomic mass is 32.2. The zero-order valence-electron chi connectivity index (χ0n) is 23.2. The van der Waals surface area contributed by atoms with E-state index in [9.17, 15) is 18.0 Å². The predicted octanol–water partition coefficient (Wildman–Crippen LogP) is 4.68. The number of thiophene rings is 1. The SMILES string of the molecule is CC1CCN(S(=O)(=O)c2ccc(C(=O)Nc3sc4c(c3C(=O)N(C)C)CCN(Cc3ccccc3)C4)cc2)CC1. The van der Waals surface area contributed by atoms with Gasteiger partial charge in [-0.2, -0.15) is 4.31 Å². The molecule has 3 heterocycles. The number of nitrogens with one attached hydrogen (secondary N) is 1. The minimum atomic E-state index is -3.60. The summed E-state index contributed by atoms with van der Waals surface area (Å²) < 4.78 is 27.7. The molecule has 2 aliphatic heterocycles. The summed E-state index contributed by atoms with van der Waals surface area (Å²) >= 11 is 1.45. The number of benzene rings is 2. The second-order valence-electron chi connectivity index (χ2n) is 10.9. The van der Waals surface area contributed by atoms with Gasteiger partial charge in [0.1, 0.15) is 5.00 Å². The number of hydrogen-bond acceptors (Lipinski definition) is 6. The van der Waals surface area contributed by atoms with E-state index in [4.69, 9.17) is 0 Å². The lowest BCUT2D eigenvalue weighted by Gasteiger charge is -2.29. The average Bonchev–Trinajstić information content (AvgIpc) is 3.30. The van der Waals surface area contributed by atoms with Crippen LogP contribution in [-0.2, 0) is 29.5 Å². The molecule has 2 aliphatic rings. The Morgan fingerprint density at radius 3 is 2.33 bits per heavy atom. The van der Waals surface area contributed by atoms with Crippen molar-refractivity contribution in [2.75, 3.05) is 39.0 Å². The van der Waals surface area contributed by atoms with Gasteiger partial charge in [-0.1, -0.05) is 37.3 Å². The smallest absolute Gasteiger partial charge is 0.256 e. The van der Waals surface area contributed by atoms with Crippen molar-refractivity contribution in [1.82, 2.24) is 14.1 Å². The van der Waals surface area contributed by atoms with Crippen molar-refractivity contribution in [3.05, 3.63) is 81.7 Å². The van der Waals surface area contributed by atoms with Crippen LogP contribution in [0.5, 0.6) is 0 Å². The Labute approximate surface area is 240 Å². The summed E-state index contributed by atoms with van der Waals surface area (Å²) in [4.78, 5) is 31.6. The molecule has 0 unspecified atom stereocenters. The van der Waals surface area contributed by atoms with Gasteiger partial charge >= 0.3 is 0 Å². The van der Waals surface area contributed by atoms with Gasteiger partial charge in [0.2, 0.25) is 10.0 Å². The number of sulfonamides is 1. The maximum absolute atomic E-state index is 13.3. The third-order valence-corrected chi connectivity index (χ3v) is 10.8. The van der Waals surface area contributed by atoms with Crippen LogP contribution in [0.1, 0.15) is 56.5 Å². The van der Waals surface area contributed by atoms with Crippen LogP contribution in [0.25, 0.3) is 0 Å². The van der Waals surface area contributed by atoms with Crippen LogP contribution in [-0.4, -0.2) is 68.1 Å². The van der Waals surface area contributed by atoms with Crippen LogP contribution >= 0.6 is 11.3 Å². The molecule has 3 aromatic rings. The van der Waals surface area contributed by atoms with Gasteiger partial charge in [-0.15, -0.1) is 11.3 Å². The summed E-state index contributed by atoms with van der Waals surface area (Å²) in [5.74, 6) is 0.0153. The number of anilines is 1. The molecule has 10 heteroatoms. The summed E-state index contributed by atoms with van der Waals surface area (Å²) in [6.07, 6.45) is 2.43. The van der Waals surface area contributed by atoms with E-state index in [1.54, 1.807) is 14.1 Å². The van der Waals surface area contributed by atoms with Crippen LogP contribution in [0, 0.1) is 5.92 Å². The van der Waals surface area contributed by atoms with Gasteiger partial charge in [-0.3, -0.25) is 14.5 Å². The van der Waals surface area contributed by atoms with Crippen molar-refractivity contribution in [2.45, 2.75) is 44.2 Å². The number of hydrogen-bond donors (Lipinski definition) is 1. The maximum atomic E-state index is 13.3. The molecule has 2 amide bonds. The molecule has 0 aliphatic carbocycles. The van der Waals surface area contributed by atoms with Crippen LogP contribution in [0.15, 0.2) is 59.5 Å². The fourth-order valence-corrected chi connectivity index (χ4v) is 8.05. The number of fused-ring (bicyclic) bond motifs is 1. The van der Waals surface area contributed by atoms with Gasteiger partial charge in [0.15, 0.2) is 0 Å². The van der Waals surface area contributed by atoms with Gasteiger partial charge in [-0.25, -0.2) is 8.42 Å². The maximum Gasteiger partial charge on any atom is 0.256 e. The molecule has 1 fully saturated rings. The number of nitrogens with zero attached hydrogens (tertiary/aromatic N) is 3. The van der Waals surface area contributed by atoms with Crippen molar-refractivity contribution in [3.63, 3.8) is 0 Å². The number of amides is 2. The van der Waals surface area contributed by atoms with Crippen molar-refractivity contribution in [2.24, 2.45) is 5.92 Å².